The van der Waals surface area contributed by atoms with Crippen LogP contribution in [0.5, 0.6) is 0 Å². The molecule has 1 aromatic carbocycles. The number of imidazole rings is 1. The van der Waals surface area contributed by atoms with Crippen molar-refractivity contribution in [2.45, 2.75) is 38.1 Å². The first-order valence-electron chi connectivity index (χ1n) is 6.24. The molecule has 0 amide bonds. The number of hydrogen-bond donors (Lipinski definition) is 1. The van der Waals surface area contributed by atoms with Gasteiger partial charge in [-0.05, 0) is 38.3 Å². The fourth-order valence-corrected chi connectivity index (χ4v) is 2.84. The van der Waals surface area contributed by atoms with Crippen LogP contribution in [-0.2, 0) is 12.5 Å². The van der Waals surface area contributed by atoms with Gasteiger partial charge in [0.25, 0.3) is 0 Å². The summed E-state index contributed by atoms with van der Waals surface area (Å²) in [6.07, 6.45) is 2.39. The van der Waals surface area contributed by atoms with E-state index >= 15 is 0 Å². The maximum Gasteiger partial charge on any atom is 0.106 e. The number of nitrogens with two attached hydrogens (primary N) is 1. The van der Waals surface area contributed by atoms with Gasteiger partial charge in [-0.3, -0.25) is 0 Å². The van der Waals surface area contributed by atoms with E-state index in [4.69, 9.17) is 10.7 Å². The van der Waals surface area contributed by atoms with E-state index in [1.165, 1.54) is 23.9 Å². The van der Waals surface area contributed by atoms with E-state index in [1.54, 1.807) is 0 Å². The molecule has 2 aromatic rings. The molecule has 1 aliphatic carbocycles. The van der Waals surface area contributed by atoms with Gasteiger partial charge >= 0.3 is 0 Å². The highest BCUT2D eigenvalue weighted by Crippen LogP contribution is 2.51. The molecule has 0 bridgehead atoms. The molecule has 1 heterocycles. The molecule has 3 rings (SSSR count). The van der Waals surface area contributed by atoms with Gasteiger partial charge in [0.1, 0.15) is 5.82 Å². The zero-order valence-corrected chi connectivity index (χ0v) is 10.7. The Morgan fingerprint density at radius 3 is 2.71 bits per heavy atom. The summed E-state index contributed by atoms with van der Waals surface area (Å²) < 4.78 is 2.15. The Balaban J connectivity index is 2.28. The normalized spacial score (nSPS) is 19.5. The highest BCUT2D eigenvalue weighted by atomic mass is 15.1. The molecule has 0 saturated heterocycles. The monoisotopic (exact) mass is 229 g/mol. The van der Waals surface area contributed by atoms with E-state index in [9.17, 15) is 0 Å². The lowest BCUT2D eigenvalue weighted by atomic mass is 9.88. The van der Waals surface area contributed by atoms with Gasteiger partial charge in [0.2, 0.25) is 0 Å². The van der Waals surface area contributed by atoms with Crippen molar-refractivity contribution in [3.05, 3.63) is 29.6 Å². The average Bonchev–Trinajstić information content (AvgIpc) is 3.04. The van der Waals surface area contributed by atoms with Crippen LogP contribution >= 0.6 is 0 Å². The van der Waals surface area contributed by atoms with Crippen LogP contribution in [-0.4, -0.2) is 15.6 Å². The van der Waals surface area contributed by atoms with E-state index in [-0.39, 0.29) is 11.5 Å². The van der Waals surface area contributed by atoms with Crippen LogP contribution in [0, 0.1) is 6.92 Å². The summed E-state index contributed by atoms with van der Waals surface area (Å²) in [6, 6.07) is 6.66. The summed E-state index contributed by atoms with van der Waals surface area (Å²) in [4.78, 5) is 4.71. The molecule has 1 saturated carbocycles. The van der Waals surface area contributed by atoms with E-state index in [0.29, 0.717) is 0 Å². The van der Waals surface area contributed by atoms with Crippen molar-refractivity contribution in [1.29, 1.82) is 0 Å². The summed E-state index contributed by atoms with van der Waals surface area (Å²) in [5.74, 6) is 1.06. The van der Waals surface area contributed by atoms with Gasteiger partial charge in [-0.1, -0.05) is 12.1 Å². The highest BCUT2D eigenvalue weighted by molar-refractivity contribution is 5.81. The number of para-hydroxylation sites is 1. The minimum absolute atomic E-state index is 0.181. The van der Waals surface area contributed by atoms with Crippen molar-refractivity contribution in [1.82, 2.24) is 9.55 Å². The minimum atomic E-state index is 0.181. The van der Waals surface area contributed by atoms with Gasteiger partial charge in [-0.15, -0.1) is 0 Å². The average molecular weight is 229 g/mol. The van der Waals surface area contributed by atoms with Crippen molar-refractivity contribution in [2.75, 3.05) is 0 Å². The Hall–Kier alpha value is -1.35. The number of nitrogens with zero attached hydrogens (tertiary/aromatic N) is 2. The molecular weight excluding hydrogens is 210 g/mol. The van der Waals surface area contributed by atoms with Gasteiger partial charge in [-0.25, -0.2) is 4.98 Å². The van der Waals surface area contributed by atoms with Crippen LogP contribution in [0.4, 0.5) is 0 Å². The van der Waals surface area contributed by atoms with Crippen LogP contribution in [0.3, 0.4) is 0 Å². The standard InChI is InChI=1S/C14H19N3/c1-9(15)14(7-8-14)11-5-4-6-12-13(11)16-10(2)17(12)3/h4-6,9H,7-8,15H2,1-3H3. The number of benzene rings is 1. The second-order valence-electron chi connectivity index (χ2n) is 5.34. The predicted molar refractivity (Wildman–Crippen MR) is 70.0 cm³/mol. The van der Waals surface area contributed by atoms with E-state index in [1.807, 2.05) is 0 Å². The second-order valence-corrected chi connectivity index (χ2v) is 5.34. The quantitative estimate of drug-likeness (QED) is 0.858. The lowest BCUT2D eigenvalue weighted by Crippen LogP contribution is -2.31. The molecule has 17 heavy (non-hydrogen) atoms. The molecule has 0 aliphatic heterocycles. The first-order chi connectivity index (χ1) is 8.06. The largest absolute Gasteiger partial charge is 0.331 e. The third kappa shape index (κ3) is 1.35. The third-order valence-corrected chi connectivity index (χ3v) is 4.33. The van der Waals surface area contributed by atoms with E-state index in [2.05, 4.69) is 43.7 Å². The van der Waals surface area contributed by atoms with Crippen LogP contribution in [0.1, 0.15) is 31.2 Å². The number of aryl methyl sites for hydroxylation is 2. The molecular formula is C14H19N3. The highest BCUT2D eigenvalue weighted by Gasteiger charge is 2.48. The molecule has 0 spiro atoms. The molecule has 1 aliphatic rings. The van der Waals surface area contributed by atoms with Crippen LogP contribution in [0.15, 0.2) is 18.2 Å². The molecule has 3 heteroatoms. The molecule has 0 radical (unpaired) electrons. The lowest BCUT2D eigenvalue weighted by molar-refractivity contribution is 0.560. The molecule has 3 nitrogen and oxygen atoms in total. The number of aromatic nitrogens is 2. The van der Waals surface area contributed by atoms with E-state index in [0.717, 1.165) is 11.3 Å². The Kier molecular flexibility index (Phi) is 2.11. The topological polar surface area (TPSA) is 43.8 Å². The third-order valence-electron chi connectivity index (χ3n) is 4.33. The Morgan fingerprint density at radius 2 is 2.12 bits per heavy atom. The number of hydrogen-bond acceptors (Lipinski definition) is 2. The molecule has 1 atom stereocenters. The predicted octanol–water partition coefficient (Wildman–Crippen LogP) is 2.26. The summed E-state index contributed by atoms with van der Waals surface area (Å²) >= 11 is 0. The lowest BCUT2D eigenvalue weighted by Gasteiger charge is -2.20. The van der Waals surface area contributed by atoms with Crippen molar-refractivity contribution in [3.8, 4) is 0 Å². The summed E-state index contributed by atoms with van der Waals surface area (Å²) in [5, 5.41) is 0. The molecule has 90 valence electrons. The number of rotatable bonds is 2. The fraction of sp³-hybridized carbons (Fsp3) is 0.500. The zero-order chi connectivity index (χ0) is 12.2. The minimum Gasteiger partial charge on any atom is -0.331 e. The van der Waals surface area contributed by atoms with Crippen LogP contribution in [0.2, 0.25) is 0 Å². The second kappa shape index (κ2) is 3.33. The SMILES string of the molecule is Cc1nc2c(C3(C(C)N)CC3)cccc2n1C. The Labute approximate surface area is 102 Å². The van der Waals surface area contributed by atoms with E-state index < -0.39 is 0 Å². The van der Waals surface area contributed by atoms with Crippen LogP contribution < -0.4 is 5.73 Å². The van der Waals surface area contributed by atoms with Gasteiger partial charge in [-0.2, -0.15) is 0 Å². The molecule has 2 N–H and O–H groups in total. The van der Waals surface area contributed by atoms with Crippen molar-refractivity contribution in [3.63, 3.8) is 0 Å². The van der Waals surface area contributed by atoms with Crippen molar-refractivity contribution in [2.24, 2.45) is 12.8 Å². The first-order valence-corrected chi connectivity index (χ1v) is 6.24. The van der Waals surface area contributed by atoms with Gasteiger partial charge in [0.15, 0.2) is 0 Å². The first kappa shape index (κ1) is 10.8. The summed E-state index contributed by atoms with van der Waals surface area (Å²) in [7, 11) is 2.07. The summed E-state index contributed by atoms with van der Waals surface area (Å²) in [6.45, 7) is 4.16. The van der Waals surface area contributed by atoms with Crippen molar-refractivity contribution < 1.29 is 0 Å². The maximum atomic E-state index is 6.17. The molecule has 1 fully saturated rings. The smallest absolute Gasteiger partial charge is 0.106 e. The zero-order valence-electron chi connectivity index (χ0n) is 10.7. The maximum absolute atomic E-state index is 6.17. The van der Waals surface area contributed by atoms with Crippen LogP contribution in [0.25, 0.3) is 11.0 Å². The Morgan fingerprint density at radius 1 is 1.41 bits per heavy atom. The molecule has 1 unspecified atom stereocenters. The molecule has 1 aromatic heterocycles. The van der Waals surface area contributed by atoms with Gasteiger partial charge in [0, 0.05) is 18.5 Å². The fourth-order valence-electron chi connectivity index (χ4n) is 2.84. The number of fused-ring (bicyclic) bond motifs is 1. The summed E-state index contributed by atoms with van der Waals surface area (Å²) in [5.41, 5.74) is 10.0. The van der Waals surface area contributed by atoms with Gasteiger partial charge < -0.3 is 10.3 Å². The Bertz CT molecular complexity index is 576. The van der Waals surface area contributed by atoms with Crippen molar-refractivity contribution >= 4 is 11.0 Å². The van der Waals surface area contributed by atoms with Gasteiger partial charge in [0.05, 0.1) is 11.0 Å².